The van der Waals surface area contributed by atoms with Gasteiger partial charge < -0.3 is 10.2 Å². The van der Waals surface area contributed by atoms with Crippen molar-refractivity contribution in [1.29, 1.82) is 0 Å². The van der Waals surface area contributed by atoms with Crippen LogP contribution in [0.3, 0.4) is 0 Å². The highest BCUT2D eigenvalue weighted by atomic mass is 35.5. The van der Waals surface area contributed by atoms with E-state index in [1.165, 1.54) is 4.90 Å². The van der Waals surface area contributed by atoms with Gasteiger partial charge in [-0.1, -0.05) is 68.2 Å². The number of sulfonamides is 1. The number of benzene rings is 2. The molecule has 2 aromatic carbocycles. The average Bonchev–Trinajstić information content (AvgIpc) is 2.78. The zero-order valence-electron chi connectivity index (χ0n) is 20.7. The molecule has 2 amide bonds. The number of nitrogens with one attached hydrogen (secondary N) is 1. The van der Waals surface area contributed by atoms with Gasteiger partial charge in [0, 0.05) is 23.1 Å². The Morgan fingerprint density at radius 2 is 1.66 bits per heavy atom. The summed E-state index contributed by atoms with van der Waals surface area (Å²) < 4.78 is 26.5. The number of hydrogen-bond donors (Lipinski definition) is 1. The van der Waals surface area contributed by atoms with Crippen molar-refractivity contribution in [2.45, 2.75) is 46.7 Å². The molecule has 1 N–H and O–H groups in total. The van der Waals surface area contributed by atoms with Gasteiger partial charge in [-0.3, -0.25) is 13.9 Å². The van der Waals surface area contributed by atoms with Crippen LogP contribution in [0, 0.1) is 12.8 Å². The minimum atomic E-state index is -3.84. The van der Waals surface area contributed by atoms with Gasteiger partial charge in [-0.2, -0.15) is 0 Å². The summed E-state index contributed by atoms with van der Waals surface area (Å²) in [6.45, 7) is 7.48. The van der Waals surface area contributed by atoms with Crippen LogP contribution in [0.15, 0.2) is 42.5 Å². The van der Waals surface area contributed by atoms with Gasteiger partial charge >= 0.3 is 0 Å². The number of halogens is 2. The molecule has 7 nitrogen and oxygen atoms in total. The number of hydrogen-bond acceptors (Lipinski definition) is 4. The van der Waals surface area contributed by atoms with E-state index >= 15 is 0 Å². The minimum absolute atomic E-state index is 0.0538. The molecule has 192 valence electrons. The number of amides is 2. The summed E-state index contributed by atoms with van der Waals surface area (Å²) >= 11 is 12.6. The largest absolute Gasteiger partial charge is 0.354 e. The monoisotopic (exact) mass is 541 g/mol. The quantitative estimate of drug-likeness (QED) is 0.448. The van der Waals surface area contributed by atoms with Gasteiger partial charge in [0.1, 0.15) is 12.6 Å². The van der Waals surface area contributed by atoms with Crippen LogP contribution in [0.4, 0.5) is 5.69 Å². The zero-order valence-corrected chi connectivity index (χ0v) is 23.0. The van der Waals surface area contributed by atoms with Gasteiger partial charge in [0.05, 0.1) is 11.9 Å². The summed E-state index contributed by atoms with van der Waals surface area (Å²) in [5.41, 5.74) is 1.50. The van der Waals surface area contributed by atoms with Crippen molar-refractivity contribution < 1.29 is 18.0 Å². The molecular formula is C25H33Cl2N3O4S. The lowest BCUT2D eigenvalue weighted by molar-refractivity contribution is -0.140. The molecule has 0 fully saturated rings. The second-order valence-corrected chi connectivity index (χ2v) is 11.6. The molecule has 10 heteroatoms. The van der Waals surface area contributed by atoms with Gasteiger partial charge in [0.25, 0.3) is 0 Å². The molecular weight excluding hydrogens is 509 g/mol. The third-order valence-corrected chi connectivity index (χ3v) is 7.46. The minimum Gasteiger partial charge on any atom is -0.354 e. The maximum atomic E-state index is 13.7. The summed E-state index contributed by atoms with van der Waals surface area (Å²) in [7, 11) is -3.84. The van der Waals surface area contributed by atoms with E-state index in [1.807, 2.05) is 20.8 Å². The third-order valence-electron chi connectivity index (χ3n) is 5.56. The molecule has 0 saturated heterocycles. The first kappa shape index (κ1) is 28.9. The van der Waals surface area contributed by atoms with Crippen molar-refractivity contribution >= 4 is 50.7 Å². The Hall–Kier alpha value is -2.29. The van der Waals surface area contributed by atoms with Gasteiger partial charge in [0.2, 0.25) is 21.8 Å². The fraction of sp³-hybridized carbons (Fsp3) is 0.440. The van der Waals surface area contributed by atoms with Crippen LogP contribution in [0.1, 0.15) is 38.3 Å². The van der Waals surface area contributed by atoms with Crippen LogP contribution in [-0.4, -0.2) is 50.5 Å². The van der Waals surface area contributed by atoms with Crippen molar-refractivity contribution in [3.05, 3.63) is 63.6 Å². The summed E-state index contributed by atoms with van der Waals surface area (Å²) in [4.78, 5) is 28.2. The smallest absolute Gasteiger partial charge is 0.244 e. The van der Waals surface area contributed by atoms with E-state index in [1.54, 1.807) is 49.4 Å². The second kappa shape index (κ2) is 12.6. The maximum Gasteiger partial charge on any atom is 0.244 e. The number of anilines is 1. The Morgan fingerprint density at radius 3 is 2.23 bits per heavy atom. The average molecular weight is 543 g/mol. The van der Waals surface area contributed by atoms with Crippen molar-refractivity contribution in [1.82, 2.24) is 10.2 Å². The standard InChI is InChI=1S/C25H33Cl2N3O4S/c1-6-22(25(32)28-14-17(2)3)29(15-19-10-7-8-11-21(19)27)24(31)16-30(35(5,33)34)23-13-9-12-20(26)18(23)4/h7-13,17,22H,6,14-16H2,1-5H3,(H,28,32)/t22-/m1/s1. The molecule has 0 radical (unpaired) electrons. The zero-order chi connectivity index (χ0) is 26.3. The molecule has 2 rings (SSSR count). The van der Waals surface area contributed by atoms with Crippen molar-refractivity contribution in [2.75, 3.05) is 23.7 Å². The van der Waals surface area contributed by atoms with Gasteiger partial charge in [-0.05, 0) is 48.6 Å². The van der Waals surface area contributed by atoms with E-state index in [0.29, 0.717) is 39.8 Å². The van der Waals surface area contributed by atoms with E-state index in [-0.39, 0.29) is 18.4 Å². The maximum absolute atomic E-state index is 13.7. The van der Waals surface area contributed by atoms with Crippen LogP contribution >= 0.6 is 23.2 Å². The van der Waals surface area contributed by atoms with Crippen LogP contribution in [0.25, 0.3) is 0 Å². The Balaban J connectivity index is 2.48. The molecule has 0 unspecified atom stereocenters. The second-order valence-electron chi connectivity index (χ2n) is 8.83. The van der Waals surface area contributed by atoms with E-state index in [9.17, 15) is 18.0 Å². The highest BCUT2D eigenvalue weighted by molar-refractivity contribution is 7.92. The first-order chi connectivity index (χ1) is 16.4. The van der Waals surface area contributed by atoms with E-state index in [4.69, 9.17) is 23.2 Å². The third kappa shape index (κ3) is 7.85. The van der Waals surface area contributed by atoms with Crippen molar-refractivity contribution in [3.8, 4) is 0 Å². The summed E-state index contributed by atoms with van der Waals surface area (Å²) in [6.07, 6.45) is 1.38. The Morgan fingerprint density at radius 1 is 1.03 bits per heavy atom. The molecule has 35 heavy (non-hydrogen) atoms. The molecule has 0 aliphatic heterocycles. The summed E-state index contributed by atoms with van der Waals surface area (Å²) in [5.74, 6) is -0.594. The molecule has 0 aliphatic carbocycles. The van der Waals surface area contributed by atoms with E-state index in [0.717, 1.165) is 10.6 Å². The molecule has 0 aromatic heterocycles. The summed E-state index contributed by atoms with van der Waals surface area (Å²) in [5, 5.41) is 3.72. The Kier molecular flexibility index (Phi) is 10.4. The van der Waals surface area contributed by atoms with Crippen molar-refractivity contribution in [3.63, 3.8) is 0 Å². The lowest BCUT2D eigenvalue weighted by atomic mass is 10.1. The predicted octanol–water partition coefficient (Wildman–Crippen LogP) is 4.65. The SMILES string of the molecule is CC[C@H](C(=O)NCC(C)C)N(Cc1ccccc1Cl)C(=O)CN(c1cccc(Cl)c1C)S(C)(=O)=O. The molecule has 0 spiro atoms. The number of rotatable bonds is 11. The first-order valence-electron chi connectivity index (χ1n) is 11.4. The van der Waals surface area contributed by atoms with Crippen LogP contribution in [0.5, 0.6) is 0 Å². The Labute approximate surface area is 218 Å². The number of carbonyl (C=O) groups is 2. The number of nitrogens with zero attached hydrogens (tertiary/aromatic N) is 2. The van der Waals surface area contributed by atoms with E-state index in [2.05, 4.69) is 5.32 Å². The fourth-order valence-electron chi connectivity index (χ4n) is 3.61. The number of carbonyl (C=O) groups excluding carboxylic acids is 2. The lowest BCUT2D eigenvalue weighted by Crippen LogP contribution is -2.52. The molecule has 0 saturated carbocycles. The molecule has 0 bridgehead atoms. The first-order valence-corrected chi connectivity index (χ1v) is 14.0. The fourth-order valence-corrected chi connectivity index (χ4v) is 4.88. The van der Waals surface area contributed by atoms with Gasteiger partial charge in [-0.15, -0.1) is 0 Å². The molecule has 2 aromatic rings. The van der Waals surface area contributed by atoms with Gasteiger partial charge in [0.15, 0.2) is 0 Å². The van der Waals surface area contributed by atoms with Gasteiger partial charge in [-0.25, -0.2) is 8.42 Å². The summed E-state index contributed by atoms with van der Waals surface area (Å²) in [6, 6.07) is 11.1. The molecule has 0 heterocycles. The Bertz CT molecular complexity index is 1160. The van der Waals surface area contributed by atoms with E-state index < -0.39 is 28.5 Å². The predicted molar refractivity (Wildman–Crippen MR) is 142 cm³/mol. The van der Waals surface area contributed by atoms with Crippen LogP contribution in [0.2, 0.25) is 10.0 Å². The van der Waals surface area contributed by atoms with Crippen molar-refractivity contribution in [2.24, 2.45) is 5.92 Å². The van der Waals surface area contributed by atoms with Crippen LogP contribution in [-0.2, 0) is 26.2 Å². The molecule has 0 aliphatic rings. The highest BCUT2D eigenvalue weighted by Crippen LogP contribution is 2.29. The lowest BCUT2D eigenvalue weighted by Gasteiger charge is -2.33. The topological polar surface area (TPSA) is 86.8 Å². The molecule has 1 atom stereocenters. The van der Waals surface area contributed by atoms with Crippen LogP contribution < -0.4 is 9.62 Å². The highest BCUT2D eigenvalue weighted by Gasteiger charge is 2.32. The normalized spacial score (nSPS) is 12.3.